The molecule has 2 heterocycles. The number of benzene rings is 1. The van der Waals surface area contributed by atoms with Crippen molar-refractivity contribution in [1.82, 2.24) is 9.55 Å². The molecule has 18 heavy (non-hydrogen) atoms. The molecule has 0 saturated carbocycles. The van der Waals surface area contributed by atoms with E-state index in [0.29, 0.717) is 5.39 Å². The van der Waals surface area contributed by atoms with Crippen LogP contribution in [0.5, 0.6) is 0 Å². The fourth-order valence-corrected chi connectivity index (χ4v) is 2.83. The molecule has 1 aliphatic rings. The molecule has 0 atom stereocenters. The van der Waals surface area contributed by atoms with Crippen molar-refractivity contribution in [3.05, 3.63) is 50.7 Å². The minimum Gasteiger partial charge on any atom is -0.284 e. The van der Waals surface area contributed by atoms with Gasteiger partial charge in [0.05, 0.1) is 16.4 Å². The topological polar surface area (TPSA) is 54.9 Å². The van der Waals surface area contributed by atoms with Gasteiger partial charge in [0.2, 0.25) is 0 Å². The molecule has 0 amide bonds. The third-order valence-electron chi connectivity index (χ3n) is 3.50. The fourth-order valence-electron chi connectivity index (χ4n) is 2.83. The maximum absolute atomic E-state index is 12.1. The van der Waals surface area contributed by atoms with Crippen molar-refractivity contribution in [1.29, 1.82) is 0 Å². The summed E-state index contributed by atoms with van der Waals surface area (Å²) >= 11 is 0. The summed E-state index contributed by atoms with van der Waals surface area (Å²) in [5.74, 6) is 0. The smallest absolute Gasteiger partial charge is 0.284 e. The van der Waals surface area contributed by atoms with Crippen LogP contribution in [0.25, 0.3) is 16.5 Å². The highest BCUT2D eigenvalue weighted by Crippen LogP contribution is 2.33. The fraction of sp³-hybridized carbons (Fsp3) is 0.286. The lowest BCUT2D eigenvalue weighted by Crippen LogP contribution is -2.41. The standard InChI is InChI=1S/C14H14N2O2/c1-8-7-14(2,3)16-11-9(8)5-4-6-10(11)12(17)15-13(16)18/h4-7H,1-3H3,(H,15,17,18). The van der Waals surface area contributed by atoms with Crippen LogP contribution in [-0.2, 0) is 5.54 Å². The number of aromatic nitrogens is 2. The first-order chi connectivity index (χ1) is 8.42. The van der Waals surface area contributed by atoms with E-state index in [1.54, 1.807) is 10.6 Å². The van der Waals surface area contributed by atoms with Gasteiger partial charge >= 0.3 is 5.69 Å². The summed E-state index contributed by atoms with van der Waals surface area (Å²) in [7, 11) is 0. The molecule has 0 unspecified atom stereocenters. The molecule has 0 radical (unpaired) electrons. The van der Waals surface area contributed by atoms with Crippen LogP contribution in [0.1, 0.15) is 26.3 Å². The number of H-pyrrole nitrogens is 1. The molecule has 0 saturated heterocycles. The van der Waals surface area contributed by atoms with E-state index < -0.39 is 5.54 Å². The van der Waals surface area contributed by atoms with Gasteiger partial charge < -0.3 is 0 Å². The zero-order chi connectivity index (χ0) is 13.1. The second-order valence-electron chi connectivity index (χ2n) is 5.28. The Bertz CT molecular complexity index is 807. The average molecular weight is 242 g/mol. The van der Waals surface area contributed by atoms with Crippen molar-refractivity contribution in [2.45, 2.75) is 26.3 Å². The van der Waals surface area contributed by atoms with Gasteiger partial charge in [-0.25, -0.2) is 4.79 Å². The number of nitrogens with one attached hydrogen (secondary N) is 1. The maximum Gasteiger partial charge on any atom is 0.329 e. The number of hydrogen-bond acceptors (Lipinski definition) is 2. The molecule has 4 nitrogen and oxygen atoms in total. The van der Waals surface area contributed by atoms with Crippen molar-refractivity contribution in [2.75, 3.05) is 0 Å². The van der Waals surface area contributed by atoms with Crippen molar-refractivity contribution in [3.8, 4) is 0 Å². The summed E-state index contributed by atoms with van der Waals surface area (Å²) in [5, 5.41) is 0.563. The monoisotopic (exact) mass is 242 g/mol. The first-order valence-corrected chi connectivity index (χ1v) is 5.90. The SMILES string of the molecule is CC1=CC(C)(C)n2c(=O)[nH]c(=O)c3cccc1c32. The number of nitrogens with zero attached hydrogens (tertiary/aromatic N) is 1. The third-order valence-corrected chi connectivity index (χ3v) is 3.50. The van der Waals surface area contributed by atoms with Crippen LogP contribution in [0.2, 0.25) is 0 Å². The van der Waals surface area contributed by atoms with E-state index in [1.807, 2.05) is 32.9 Å². The Morgan fingerprint density at radius 2 is 1.94 bits per heavy atom. The largest absolute Gasteiger partial charge is 0.329 e. The van der Waals surface area contributed by atoms with Gasteiger partial charge in [0.1, 0.15) is 0 Å². The van der Waals surface area contributed by atoms with E-state index >= 15 is 0 Å². The first-order valence-electron chi connectivity index (χ1n) is 5.90. The number of hydrogen-bond donors (Lipinski definition) is 1. The number of allylic oxidation sites excluding steroid dienone is 2. The highest BCUT2D eigenvalue weighted by molar-refractivity contribution is 5.92. The minimum absolute atomic E-state index is 0.321. The molecule has 1 aliphatic heterocycles. The number of aromatic amines is 1. The molecule has 3 rings (SSSR count). The Hall–Kier alpha value is -2.10. The van der Waals surface area contributed by atoms with Gasteiger partial charge in [-0.1, -0.05) is 18.2 Å². The van der Waals surface area contributed by atoms with Crippen LogP contribution in [0, 0.1) is 0 Å². The second-order valence-corrected chi connectivity index (χ2v) is 5.28. The predicted octanol–water partition coefficient (Wildman–Crippen LogP) is 1.84. The molecule has 1 N–H and O–H groups in total. The summed E-state index contributed by atoms with van der Waals surface area (Å²) in [4.78, 5) is 26.3. The van der Waals surface area contributed by atoms with Crippen molar-refractivity contribution in [2.24, 2.45) is 0 Å². The summed E-state index contributed by atoms with van der Waals surface area (Å²) in [5.41, 5.74) is 1.67. The lowest BCUT2D eigenvalue weighted by atomic mass is 9.91. The molecule has 1 aromatic heterocycles. The lowest BCUT2D eigenvalue weighted by molar-refractivity contribution is 0.444. The molecule has 92 valence electrons. The zero-order valence-electron chi connectivity index (χ0n) is 10.6. The van der Waals surface area contributed by atoms with Gasteiger partial charge in [-0.05, 0) is 32.4 Å². The van der Waals surface area contributed by atoms with Crippen molar-refractivity contribution >= 4 is 16.5 Å². The van der Waals surface area contributed by atoms with Crippen LogP contribution in [0.3, 0.4) is 0 Å². The van der Waals surface area contributed by atoms with E-state index in [4.69, 9.17) is 0 Å². The average Bonchev–Trinajstić information content (AvgIpc) is 2.26. The molecule has 0 aliphatic carbocycles. The molecule has 2 aromatic rings. The minimum atomic E-state index is -0.433. The Labute approximate surface area is 104 Å². The lowest BCUT2D eigenvalue weighted by Gasteiger charge is -2.31. The quantitative estimate of drug-likeness (QED) is 0.766. The summed E-state index contributed by atoms with van der Waals surface area (Å²) in [6.45, 7) is 5.93. The number of rotatable bonds is 0. The van der Waals surface area contributed by atoms with Gasteiger partial charge in [-0.2, -0.15) is 0 Å². The molecular weight excluding hydrogens is 228 g/mol. The van der Waals surface area contributed by atoms with E-state index in [0.717, 1.165) is 16.7 Å². The Morgan fingerprint density at radius 1 is 1.22 bits per heavy atom. The van der Waals surface area contributed by atoms with Crippen molar-refractivity contribution in [3.63, 3.8) is 0 Å². The number of para-hydroxylation sites is 1. The highest BCUT2D eigenvalue weighted by Gasteiger charge is 2.28. The van der Waals surface area contributed by atoms with Crippen molar-refractivity contribution < 1.29 is 0 Å². The summed E-state index contributed by atoms with van der Waals surface area (Å²) in [6, 6.07) is 5.54. The summed E-state index contributed by atoms with van der Waals surface area (Å²) < 4.78 is 1.66. The van der Waals surface area contributed by atoms with Gasteiger partial charge in [-0.3, -0.25) is 14.3 Å². The zero-order valence-corrected chi connectivity index (χ0v) is 10.6. The van der Waals surface area contributed by atoms with Crippen LogP contribution in [0.4, 0.5) is 0 Å². The van der Waals surface area contributed by atoms with E-state index in [9.17, 15) is 9.59 Å². The van der Waals surface area contributed by atoms with Crippen LogP contribution in [-0.4, -0.2) is 9.55 Å². The van der Waals surface area contributed by atoms with E-state index in [-0.39, 0.29) is 11.2 Å². The Kier molecular flexibility index (Phi) is 1.97. The molecule has 0 bridgehead atoms. The molecule has 0 fully saturated rings. The normalized spacial score (nSPS) is 16.7. The van der Waals surface area contributed by atoms with Gasteiger partial charge in [0.25, 0.3) is 5.56 Å². The third kappa shape index (κ3) is 1.26. The first kappa shape index (κ1) is 11.0. The molecule has 4 heteroatoms. The second kappa shape index (κ2) is 3.22. The van der Waals surface area contributed by atoms with Crippen LogP contribution >= 0.6 is 0 Å². The van der Waals surface area contributed by atoms with E-state index in [2.05, 4.69) is 11.1 Å². The molecule has 1 aromatic carbocycles. The maximum atomic E-state index is 12.1. The summed E-state index contributed by atoms with van der Waals surface area (Å²) in [6.07, 6.45) is 2.05. The van der Waals surface area contributed by atoms with Crippen LogP contribution < -0.4 is 11.2 Å². The Morgan fingerprint density at radius 3 is 2.67 bits per heavy atom. The molecular formula is C14H14N2O2. The van der Waals surface area contributed by atoms with E-state index in [1.165, 1.54) is 0 Å². The highest BCUT2D eigenvalue weighted by atomic mass is 16.2. The van der Waals surface area contributed by atoms with Gasteiger partial charge in [0.15, 0.2) is 0 Å². The van der Waals surface area contributed by atoms with Gasteiger partial charge in [-0.15, -0.1) is 0 Å². The Balaban J connectivity index is 2.69. The predicted molar refractivity (Wildman–Crippen MR) is 71.8 cm³/mol. The van der Waals surface area contributed by atoms with Crippen LogP contribution in [0.15, 0.2) is 33.9 Å². The molecule has 0 spiro atoms. The van der Waals surface area contributed by atoms with Gasteiger partial charge in [0, 0.05) is 5.56 Å².